The summed E-state index contributed by atoms with van der Waals surface area (Å²) in [5.74, 6) is 1.61. The molecule has 2 aliphatic heterocycles. The van der Waals surface area contributed by atoms with E-state index in [2.05, 4.69) is 63.5 Å². The highest BCUT2D eigenvalue weighted by atomic mass is 127. The second-order valence-electron chi connectivity index (χ2n) is 6.70. The van der Waals surface area contributed by atoms with E-state index in [1.165, 1.54) is 17.7 Å². The van der Waals surface area contributed by atoms with E-state index in [1.54, 1.807) is 0 Å². The Kier molecular flexibility index (Phi) is 8.71. The fourth-order valence-corrected chi connectivity index (χ4v) is 3.47. The molecule has 1 saturated heterocycles. The Morgan fingerprint density at radius 3 is 2.62 bits per heavy atom. The Morgan fingerprint density at radius 1 is 1.23 bits per heavy atom. The van der Waals surface area contributed by atoms with Crippen LogP contribution in [-0.4, -0.2) is 57.3 Å². The predicted molar refractivity (Wildman–Crippen MR) is 120 cm³/mol. The lowest BCUT2D eigenvalue weighted by molar-refractivity contribution is 0.114. The quantitative estimate of drug-likeness (QED) is 0.300. The van der Waals surface area contributed by atoms with E-state index in [9.17, 15) is 0 Å². The van der Waals surface area contributed by atoms with Gasteiger partial charge in [0.15, 0.2) is 5.96 Å². The fourth-order valence-electron chi connectivity index (χ4n) is 3.47. The molecule has 2 aliphatic rings. The van der Waals surface area contributed by atoms with Crippen molar-refractivity contribution in [3.63, 3.8) is 0 Å². The molecule has 0 spiro atoms. The van der Waals surface area contributed by atoms with Crippen molar-refractivity contribution < 1.29 is 4.74 Å². The number of hydrogen-bond donors (Lipinski definition) is 1. The molecule has 2 heterocycles. The highest BCUT2D eigenvalue weighted by Gasteiger charge is 2.24. The summed E-state index contributed by atoms with van der Waals surface area (Å²) in [6.07, 6.45) is 5.61. The van der Waals surface area contributed by atoms with E-state index < -0.39 is 0 Å². The number of guanidine groups is 1. The number of ether oxygens (including phenoxy) is 1. The number of hydrogen-bond acceptors (Lipinski definition) is 3. The first-order valence-corrected chi connectivity index (χ1v) is 9.32. The second-order valence-corrected chi connectivity index (χ2v) is 6.70. The van der Waals surface area contributed by atoms with Gasteiger partial charge in [-0.2, -0.15) is 0 Å². The molecule has 3 rings (SSSR count). The van der Waals surface area contributed by atoms with E-state index in [-0.39, 0.29) is 24.0 Å². The highest BCUT2D eigenvalue weighted by Crippen LogP contribution is 2.18. The molecule has 1 unspecified atom stereocenters. The van der Waals surface area contributed by atoms with Gasteiger partial charge in [0.25, 0.3) is 0 Å². The van der Waals surface area contributed by atoms with Gasteiger partial charge >= 0.3 is 0 Å². The molecule has 1 atom stereocenters. The molecule has 5 nitrogen and oxygen atoms in total. The third-order valence-electron chi connectivity index (χ3n) is 4.93. The third-order valence-corrected chi connectivity index (χ3v) is 4.93. The second kappa shape index (κ2) is 10.8. The number of nitrogens with one attached hydrogen (secondary N) is 1. The van der Waals surface area contributed by atoms with E-state index in [0.717, 1.165) is 51.9 Å². The lowest BCUT2D eigenvalue weighted by Gasteiger charge is -2.22. The van der Waals surface area contributed by atoms with Crippen LogP contribution in [0.25, 0.3) is 0 Å². The predicted octanol–water partition coefficient (Wildman–Crippen LogP) is 3.11. The largest absolute Gasteiger partial charge is 0.381 e. The summed E-state index contributed by atoms with van der Waals surface area (Å²) in [6, 6.07) is 8.83. The maximum Gasteiger partial charge on any atom is 0.193 e. The van der Waals surface area contributed by atoms with Crippen molar-refractivity contribution in [1.82, 2.24) is 10.2 Å². The summed E-state index contributed by atoms with van der Waals surface area (Å²) >= 11 is 0. The summed E-state index contributed by atoms with van der Waals surface area (Å²) in [5, 5.41) is 3.50. The van der Waals surface area contributed by atoms with Crippen molar-refractivity contribution in [2.45, 2.75) is 19.9 Å². The van der Waals surface area contributed by atoms with Crippen LogP contribution in [0, 0.1) is 5.92 Å². The summed E-state index contributed by atoms with van der Waals surface area (Å²) in [5.41, 5.74) is 2.57. The number of anilines is 1. The molecule has 1 aromatic rings. The minimum Gasteiger partial charge on any atom is -0.381 e. The van der Waals surface area contributed by atoms with Gasteiger partial charge in [-0.05, 0) is 31.0 Å². The third kappa shape index (κ3) is 5.61. The summed E-state index contributed by atoms with van der Waals surface area (Å²) in [6.45, 7) is 8.63. The van der Waals surface area contributed by atoms with E-state index >= 15 is 0 Å². The first-order chi connectivity index (χ1) is 12.3. The van der Waals surface area contributed by atoms with Crippen LogP contribution in [0.2, 0.25) is 0 Å². The topological polar surface area (TPSA) is 40.1 Å². The number of halogens is 1. The Labute approximate surface area is 174 Å². The van der Waals surface area contributed by atoms with Crippen LogP contribution in [0.5, 0.6) is 0 Å². The van der Waals surface area contributed by atoms with Gasteiger partial charge in [0.05, 0.1) is 6.61 Å². The van der Waals surface area contributed by atoms with Gasteiger partial charge in [-0.25, -0.2) is 0 Å². The van der Waals surface area contributed by atoms with Crippen LogP contribution in [0.15, 0.2) is 41.4 Å². The van der Waals surface area contributed by atoms with Crippen molar-refractivity contribution in [2.75, 3.05) is 51.3 Å². The molecule has 1 aromatic carbocycles. The highest BCUT2D eigenvalue weighted by molar-refractivity contribution is 14.0. The molecule has 1 fully saturated rings. The summed E-state index contributed by atoms with van der Waals surface area (Å²) in [7, 11) is 1.86. The van der Waals surface area contributed by atoms with Crippen LogP contribution in [-0.2, 0) is 11.3 Å². The molecule has 144 valence electrons. The van der Waals surface area contributed by atoms with Crippen LogP contribution < -0.4 is 10.2 Å². The Bertz CT molecular complexity index is 594. The standard InChI is InChI=1S/C20H30N4O.HI/c1-3-25-16-18-10-13-24(15-18)20(21-2)22-14-17-6-8-19(9-7-17)23-11-4-5-12-23;/h4-9,18H,3,10-16H2,1-2H3,(H,21,22);1H. The molecule has 1 N–H and O–H groups in total. The lowest BCUT2D eigenvalue weighted by Crippen LogP contribution is -2.39. The summed E-state index contributed by atoms with van der Waals surface area (Å²) in [4.78, 5) is 9.16. The molecule has 6 heteroatoms. The number of likely N-dealkylation sites (tertiary alicyclic amines) is 1. The van der Waals surface area contributed by atoms with Crippen molar-refractivity contribution in [1.29, 1.82) is 0 Å². The van der Waals surface area contributed by atoms with Crippen LogP contribution >= 0.6 is 24.0 Å². The molecule has 0 bridgehead atoms. The first-order valence-electron chi connectivity index (χ1n) is 9.32. The van der Waals surface area contributed by atoms with Gasteiger partial charge < -0.3 is 19.9 Å². The Hall–Kier alpha value is -1.28. The average Bonchev–Trinajstić information content (AvgIpc) is 3.33. The minimum absolute atomic E-state index is 0. The Morgan fingerprint density at radius 2 is 1.96 bits per heavy atom. The molecule has 0 saturated carbocycles. The number of benzene rings is 1. The van der Waals surface area contributed by atoms with Crippen molar-refractivity contribution in [3.8, 4) is 0 Å². The Balaban J connectivity index is 0.00000243. The fraction of sp³-hybridized carbons (Fsp3) is 0.550. The molecular formula is C20H31IN4O. The zero-order chi connectivity index (χ0) is 17.5. The SMILES string of the molecule is CCOCC1CCN(C(=NC)NCc2ccc(N3CC=CC3)cc2)C1.I. The molecular weight excluding hydrogens is 439 g/mol. The lowest BCUT2D eigenvalue weighted by atomic mass is 10.1. The van der Waals surface area contributed by atoms with Crippen molar-refractivity contribution in [3.05, 3.63) is 42.0 Å². The van der Waals surface area contributed by atoms with Crippen LogP contribution in [0.4, 0.5) is 5.69 Å². The van der Waals surface area contributed by atoms with Gasteiger partial charge in [0.1, 0.15) is 0 Å². The van der Waals surface area contributed by atoms with Crippen molar-refractivity contribution >= 4 is 35.6 Å². The van der Waals surface area contributed by atoms with E-state index in [4.69, 9.17) is 4.74 Å². The molecule has 0 radical (unpaired) electrons. The van der Waals surface area contributed by atoms with Gasteiger partial charge in [-0.15, -0.1) is 24.0 Å². The molecule has 0 amide bonds. The van der Waals surface area contributed by atoms with Gasteiger partial charge in [0, 0.05) is 58.0 Å². The zero-order valence-corrected chi connectivity index (χ0v) is 18.2. The number of aliphatic imine (C=N–C) groups is 1. The van der Waals surface area contributed by atoms with Gasteiger partial charge in [-0.1, -0.05) is 24.3 Å². The van der Waals surface area contributed by atoms with Crippen LogP contribution in [0.3, 0.4) is 0 Å². The smallest absolute Gasteiger partial charge is 0.193 e. The number of nitrogens with zero attached hydrogens (tertiary/aromatic N) is 3. The maximum atomic E-state index is 5.57. The number of rotatable bonds is 6. The van der Waals surface area contributed by atoms with Crippen molar-refractivity contribution in [2.24, 2.45) is 10.9 Å². The summed E-state index contributed by atoms with van der Waals surface area (Å²) < 4.78 is 5.57. The monoisotopic (exact) mass is 470 g/mol. The molecule has 0 aliphatic carbocycles. The zero-order valence-electron chi connectivity index (χ0n) is 15.9. The van der Waals surface area contributed by atoms with E-state index in [0.29, 0.717) is 5.92 Å². The maximum absolute atomic E-state index is 5.57. The average molecular weight is 470 g/mol. The first kappa shape index (κ1) is 21.0. The normalized spacial score (nSPS) is 19.8. The molecule has 26 heavy (non-hydrogen) atoms. The van der Waals surface area contributed by atoms with Gasteiger partial charge in [0.2, 0.25) is 0 Å². The minimum atomic E-state index is 0. The van der Waals surface area contributed by atoms with Crippen LogP contribution in [0.1, 0.15) is 18.9 Å². The molecule has 0 aromatic heterocycles. The van der Waals surface area contributed by atoms with E-state index in [1.807, 2.05) is 7.05 Å². The van der Waals surface area contributed by atoms with Gasteiger partial charge in [-0.3, -0.25) is 4.99 Å².